The molecule has 0 unspecified atom stereocenters. The third-order valence-electron chi connectivity index (χ3n) is 5.57. The van der Waals surface area contributed by atoms with Crippen molar-refractivity contribution in [3.63, 3.8) is 0 Å². The van der Waals surface area contributed by atoms with Crippen LogP contribution in [-0.2, 0) is 11.3 Å². The van der Waals surface area contributed by atoms with Gasteiger partial charge in [-0.05, 0) is 51.1 Å². The molecule has 11 heteroatoms. The topological polar surface area (TPSA) is 75.3 Å². The Kier molecular flexibility index (Phi) is 8.54. The number of nitrogens with one attached hydrogen (secondary N) is 3. The zero-order chi connectivity index (χ0) is 21.0. The van der Waals surface area contributed by atoms with Crippen LogP contribution in [0.5, 0.6) is 5.88 Å². The number of halogens is 5. The predicted octanol–water partition coefficient (Wildman–Crippen LogP) is 3.55. The van der Waals surface area contributed by atoms with E-state index in [1.54, 1.807) is 0 Å². The van der Waals surface area contributed by atoms with Gasteiger partial charge >= 0.3 is 6.18 Å². The van der Waals surface area contributed by atoms with Gasteiger partial charge in [-0.3, -0.25) is 4.79 Å². The van der Waals surface area contributed by atoms with E-state index < -0.39 is 17.9 Å². The summed E-state index contributed by atoms with van der Waals surface area (Å²) in [6, 6.07) is 0.712. The first-order valence-electron chi connectivity index (χ1n) is 9.85. The second-order valence-electron chi connectivity index (χ2n) is 7.59. The summed E-state index contributed by atoms with van der Waals surface area (Å²) in [5, 5.41) is 8.74. The Morgan fingerprint density at radius 1 is 1.27 bits per heavy atom. The SMILES string of the molecule is COc1nc(N[C@H]2CC[C@H](C(F)(F)F)CC2)c(F)cc1CNC(=O)[C@@H]1CCCN1.Cl. The Hall–Kier alpha value is -1.81. The Bertz CT molecular complexity index is 721. The molecule has 2 heterocycles. The van der Waals surface area contributed by atoms with Crippen LogP contribution in [0.15, 0.2) is 6.07 Å². The van der Waals surface area contributed by atoms with Crippen molar-refractivity contribution >= 4 is 24.1 Å². The zero-order valence-electron chi connectivity index (χ0n) is 16.7. The van der Waals surface area contributed by atoms with Crippen LogP contribution in [0.1, 0.15) is 44.1 Å². The van der Waals surface area contributed by atoms with Crippen molar-refractivity contribution in [3.05, 3.63) is 17.4 Å². The molecular formula is C19H27ClF4N4O2. The first-order chi connectivity index (χ1) is 13.8. The van der Waals surface area contributed by atoms with Crippen LogP contribution in [0.2, 0.25) is 0 Å². The molecule has 3 rings (SSSR count). The number of carbonyl (C=O) groups excluding carboxylic acids is 1. The summed E-state index contributed by atoms with van der Waals surface area (Å²) in [6.07, 6.45) is -1.88. The lowest BCUT2D eigenvalue weighted by Gasteiger charge is -2.30. The van der Waals surface area contributed by atoms with Crippen LogP contribution in [0, 0.1) is 11.7 Å². The predicted molar refractivity (Wildman–Crippen MR) is 106 cm³/mol. The molecule has 1 aliphatic heterocycles. The standard InChI is InChI=1S/C19H26F4N4O2.ClH/c1-29-18-11(10-25-17(28)15-3-2-8-24-15)9-14(20)16(27-18)26-13-6-4-12(5-7-13)19(21,22)23;/h9,12-13,15,24H,2-8,10H2,1H3,(H,25,28)(H,26,27);1H/t12-,13-,15-;/m0./s1. The zero-order valence-corrected chi connectivity index (χ0v) is 17.5. The lowest BCUT2D eigenvalue weighted by molar-refractivity contribution is -0.182. The third kappa shape index (κ3) is 6.10. The number of methoxy groups -OCH3 is 1. The number of pyridine rings is 1. The molecule has 170 valence electrons. The van der Waals surface area contributed by atoms with E-state index in [1.807, 2.05) is 0 Å². The van der Waals surface area contributed by atoms with E-state index in [0.29, 0.717) is 18.4 Å². The molecule has 0 bridgehead atoms. The van der Waals surface area contributed by atoms with E-state index in [1.165, 1.54) is 13.2 Å². The van der Waals surface area contributed by atoms with Crippen molar-refractivity contribution in [1.29, 1.82) is 0 Å². The number of hydrogen-bond acceptors (Lipinski definition) is 5. The molecule has 30 heavy (non-hydrogen) atoms. The molecule has 1 atom stereocenters. The fourth-order valence-electron chi connectivity index (χ4n) is 3.89. The van der Waals surface area contributed by atoms with Crippen LogP contribution < -0.4 is 20.7 Å². The minimum absolute atomic E-state index is 0. The average molecular weight is 455 g/mol. The summed E-state index contributed by atoms with van der Waals surface area (Å²) in [7, 11) is 1.39. The van der Waals surface area contributed by atoms with Gasteiger partial charge < -0.3 is 20.7 Å². The maximum absolute atomic E-state index is 14.5. The number of amides is 1. The Labute approximate surface area is 178 Å². The third-order valence-corrected chi connectivity index (χ3v) is 5.57. The number of carbonyl (C=O) groups is 1. The molecule has 0 aromatic carbocycles. The van der Waals surface area contributed by atoms with E-state index in [4.69, 9.17) is 4.74 Å². The van der Waals surface area contributed by atoms with E-state index in [9.17, 15) is 22.4 Å². The lowest BCUT2D eigenvalue weighted by atomic mass is 9.85. The molecule has 0 radical (unpaired) electrons. The first-order valence-corrected chi connectivity index (χ1v) is 9.85. The minimum Gasteiger partial charge on any atom is -0.481 e. The van der Waals surface area contributed by atoms with Gasteiger partial charge in [-0.2, -0.15) is 18.2 Å². The second-order valence-corrected chi connectivity index (χ2v) is 7.59. The first kappa shape index (κ1) is 24.5. The molecule has 3 N–H and O–H groups in total. The smallest absolute Gasteiger partial charge is 0.391 e. The largest absolute Gasteiger partial charge is 0.481 e. The number of hydrogen-bond donors (Lipinski definition) is 3. The summed E-state index contributed by atoms with van der Waals surface area (Å²) in [4.78, 5) is 16.2. The van der Waals surface area contributed by atoms with Gasteiger partial charge in [-0.15, -0.1) is 12.4 Å². The summed E-state index contributed by atoms with van der Waals surface area (Å²) < 4.78 is 58.1. The molecule has 1 saturated carbocycles. The van der Waals surface area contributed by atoms with Gasteiger partial charge in [0.1, 0.15) is 0 Å². The van der Waals surface area contributed by atoms with Crippen LogP contribution in [0.3, 0.4) is 0 Å². The molecule has 1 saturated heterocycles. The number of nitrogens with zero attached hydrogens (tertiary/aromatic N) is 1. The highest BCUT2D eigenvalue weighted by Gasteiger charge is 2.41. The monoisotopic (exact) mass is 454 g/mol. The van der Waals surface area contributed by atoms with Gasteiger partial charge in [0.05, 0.1) is 19.1 Å². The molecule has 0 spiro atoms. The van der Waals surface area contributed by atoms with Gasteiger partial charge in [0, 0.05) is 18.2 Å². The number of anilines is 1. The summed E-state index contributed by atoms with van der Waals surface area (Å²) >= 11 is 0. The maximum Gasteiger partial charge on any atom is 0.391 e. The molecule has 6 nitrogen and oxygen atoms in total. The van der Waals surface area contributed by atoms with Gasteiger partial charge in [0.2, 0.25) is 11.8 Å². The summed E-state index contributed by atoms with van der Waals surface area (Å²) in [6.45, 7) is 0.865. The minimum atomic E-state index is -4.18. The highest BCUT2D eigenvalue weighted by molar-refractivity contribution is 5.85. The van der Waals surface area contributed by atoms with Crippen LogP contribution in [0.25, 0.3) is 0 Å². The Morgan fingerprint density at radius 3 is 2.53 bits per heavy atom. The van der Waals surface area contributed by atoms with E-state index in [0.717, 1.165) is 19.4 Å². The molecule has 1 aromatic heterocycles. The number of ether oxygens (including phenoxy) is 1. The van der Waals surface area contributed by atoms with Gasteiger partial charge in [-0.1, -0.05) is 0 Å². The molecular weight excluding hydrogens is 428 g/mol. The van der Waals surface area contributed by atoms with E-state index in [-0.39, 0.29) is 61.5 Å². The fraction of sp³-hybridized carbons (Fsp3) is 0.684. The highest BCUT2D eigenvalue weighted by atomic mass is 35.5. The van der Waals surface area contributed by atoms with Crippen molar-refractivity contribution in [2.24, 2.45) is 5.92 Å². The number of alkyl halides is 3. The van der Waals surface area contributed by atoms with Crippen LogP contribution in [0.4, 0.5) is 23.4 Å². The fourth-order valence-corrected chi connectivity index (χ4v) is 3.89. The van der Waals surface area contributed by atoms with E-state index >= 15 is 0 Å². The quantitative estimate of drug-likeness (QED) is 0.573. The molecule has 1 amide bonds. The molecule has 1 aromatic rings. The second kappa shape index (κ2) is 10.5. The van der Waals surface area contributed by atoms with Crippen LogP contribution in [-0.4, -0.2) is 42.8 Å². The molecule has 2 fully saturated rings. The summed E-state index contributed by atoms with van der Waals surface area (Å²) in [5.74, 6) is -1.98. The lowest BCUT2D eigenvalue weighted by Crippen LogP contribution is -2.40. The van der Waals surface area contributed by atoms with Crippen molar-refractivity contribution < 1.29 is 27.1 Å². The van der Waals surface area contributed by atoms with E-state index in [2.05, 4.69) is 20.9 Å². The van der Waals surface area contributed by atoms with Gasteiger partial charge in [0.15, 0.2) is 11.6 Å². The van der Waals surface area contributed by atoms with Crippen molar-refractivity contribution in [2.75, 3.05) is 19.0 Å². The molecule has 1 aliphatic carbocycles. The number of aromatic nitrogens is 1. The number of rotatable bonds is 6. The van der Waals surface area contributed by atoms with Gasteiger partial charge in [0.25, 0.3) is 0 Å². The van der Waals surface area contributed by atoms with Crippen molar-refractivity contribution in [1.82, 2.24) is 15.6 Å². The Balaban J connectivity index is 0.00000320. The normalized spacial score (nSPS) is 24.1. The van der Waals surface area contributed by atoms with Crippen LogP contribution >= 0.6 is 12.4 Å². The van der Waals surface area contributed by atoms with Gasteiger partial charge in [-0.25, -0.2) is 4.39 Å². The van der Waals surface area contributed by atoms with Crippen molar-refractivity contribution in [2.45, 2.75) is 63.3 Å². The average Bonchev–Trinajstić information content (AvgIpc) is 3.22. The highest BCUT2D eigenvalue weighted by Crippen LogP contribution is 2.38. The maximum atomic E-state index is 14.5. The Morgan fingerprint density at radius 2 is 1.97 bits per heavy atom. The molecule has 2 aliphatic rings. The summed E-state index contributed by atoms with van der Waals surface area (Å²) in [5.41, 5.74) is 0.391. The van der Waals surface area contributed by atoms with Crippen molar-refractivity contribution in [3.8, 4) is 5.88 Å².